The third kappa shape index (κ3) is 10.1. The van der Waals surface area contributed by atoms with E-state index in [1.165, 1.54) is 61.1 Å². The van der Waals surface area contributed by atoms with Gasteiger partial charge in [0.2, 0.25) is 0 Å². The minimum Gasteiger partial charge on any atom is -0.456 e. The topological polar surface area (TPSA) is 26.1 Å². The zero-order valence-electron chi connectivity index (χ0n) is 52.6. The van der Waals surface area contributed by atoms with Crippen molar-refractivity contribution in [1.82, 2.24) is 0 Å². The Morgan fingerprint density at radius 3 is 1.37 bits per heavy atom. The molecule has 11 aromatic rings. The van der Waals surface area contributed by atoms with E-state index < -0.39 is 0 Å². The second-order valence-electron chi connectivity index (χ2n) is 28.1. The molecule has 6 heteroatoms. The van der Waals surface area contributed by atoms with Gasteiger partial charge in [0, 0.05) is 67.8 Å². The fourth-order valence-electron chi connectivity index (χ4n) is 13.1. The summed E-state index contributed by atoms with van der Waals surface area (Å²) < 4.78 is 6.40. The van der Waals surface area contributed by atoms with Gasteiger partial charge in [0.1, 0.15) is 11.3 Å². The smallest absolute Gasteiger partial charge is 0.252 e. The van der Waals surface area contributed by atoms with Gasteiger partial charge in [-0.3, -0.25) is 0 Å². The van der Waals surface area contributed by atoms with Crippen molar-refractivity contribution in [3.63, 3.8) is 0 Å². The average Bonchev–Trinajstić information content (AvgIpc) is 0.824. The molecule has 0 bridgehead atoms. The monoisotopic (exact) mass is 1120 g/mol. The first-order chi connectivity index (χ1) is 41.0. The fourth-order valence-corrected chi connectivity index (χ4v) is 13.1. The molecule has 0 radical (unpaired) electrons. The first-order valence-corrected chi connectivity index (χ1v) is 30.7. The summed E-state index contributed by atoms with van der Waals surface area (Å²) in [5.41, 5.74) is 26.6. The maximum absolute atomic E-state index is 6.40. The lowest BCUT2D eigenvalue weighted by atomic mass is 9.33. The summed E-state index contributed by atoms with van der Waals surface area (Å²) in [6.07, 6.45) is 0. The Kier molecular flexibility index (Phi) is 13.7. The third-order valence-corrected chi connectivity index (χ3v) is 17.9. The Hall–Kier alpha value is -9.00. The Morgan fingerprint density at radius 1 is 0.349 bits per heavy atom. The van der Waals surface area contributed by atoms with Gasteiger partial charge in [0.05, 0.1) is 11.4 Å². The number of furan rings is 1. The standard InChI is InChI=1S/C80H79BN4O/c1-52-21-20-22-53(2)76(52)85-70-49-65(82(60-24-16-15-17-25-60)61-36-27-54(28-37-61)74-47-55-23-18-19-26-73(55)86-74)44-45-67(70)81-68-48-59(80(12,13)14)35-46-69(68)84(64-42-33-58(34-43-64)79(9,10)11)71-50-66(51-72(85)75(71)81)83(62-38-29-56(30-39-62)77(3,4)5)63-40-31-57(32-41-63)78(6,7)8/h15-51H,1-14H3. The molecule has 2 aliphatic heterocycles. The molecule has 2 aliphatic rings. The lowest BCUT2D eigenvalue weighted by Crippen LogP contribution is -2.61. The predicted octanol–water partition coefficient (Wildman–Crippen LogP) is 20.9. The van der Waals surface area contributed by atoms with Gasteiger partial charge in [-0.2, -0.15) is 0 Å². The minimum atomic E-state index is -0.125. The summed E-state index contributed by atoms with van der Waals surface area (Å²) in [5, 5.41) is 1.09. The number of anilines is 12. The van der Waals surface area contributed by atoms with Crippen molar-refractivity contribution < 1.29 is 4.42 Å². The van der Waals surface area contributed by atoms with E-state index in [0.29, 0.717) is 0 Å². The van der Waals surface area contributed by atoms with Crippen molar-refractivity contribution in [2.24, 2.45) is 0 Å². The van der Waals surface area contributed by atoms with Crippen LogP contribution >= 0.6 is 0 Å². The number of rotatable bonds is 9. The van der Waals surface area contributed by atoms with Crippen LogP contribution in [0.5, 0.6) is 0 Å². The molecule has 1 aromatic heterocycles. The van der Waals surface area contributed by atoms with E-state index in [1.54, 1.807) is 0 Å². The van der Waals surface area contributed by atoms with Crippen LogP contribution in [0, 0.1) is 13.8 Å². The van der Waals surface area contributed by atoms with Gasteiger partial charge in [-0.15, -0.1) is 0 Å². The van der Waals surface area contributed by atoms with Crippen LogP contribution in [0.1, 0.15) is 116 Å². The first kappa shape index (κ1) is 56.2. The molecule has 0 atom stereocenters. The van der Waals surface area contributed by atoms with Crippen LogP contribution in [0.15, 0.2) is 229 Å². The highest BCUT2D eigenvalue weighted by molar-refractivity contribution is 7.00. The van der Waals surface area contributed by atoms with Crippen molar-refractivity contribution in [1.29, 1.82) is 0 Å². The Labute approximate surface area is 511 Å². The highest BCUT2D eigenvalue weighted by Crippen LogP contribution is 2.51. The lowest BCUT2D eigenvalue weighted by molar-refractivity contribution is 0.590. The van der Waals surface area contributed by atoms with Gasteiger partial charge in [-0.25, -0.2) is 0 Å². The number of para-hydroxylation sites is 3. The molecule has 13 rings (SSSR count). The van der Waals surface area contributed by atoms with Crippen LogP contribution in [0.4, 0.5) is 68.2 Å². The van der Waals surface area contributed by atoms with Gasteiger partial charge in [0.25, 0.3) is 6.71 Å². The summed E-state index contributed by atoms with van der Waals surface area (Å²) in [7, 11) is 0. The van der Waals surface area contributed by atoms with Crippen molar-refractivity contribution in [3.05, 3.63) is 258 Å². The number of aryl methyl sites for hydroxylation is 2. The number of hydrogen-bond acceptors (Lipinski definition) is 5. The Morgan fingerprint density at radius 2 is 0.814 bits per heavy atom. The molecule has 0 unspecified atom stereocenters. The third-order valence-electron chi connectivity index (χ3n) is 17.9. The minimum absolute atomic E-state index is 0.0147. The summed E-state index contributed by atoms with van der Waals surface area (Å²) >= 11 is 0. The number of fused-ring (bicyclic) bond motifs is 5. The van der Waals surface area contributed by atoms with Crippen molar-refractivity contribution in [2.45, 2.75) is 119 Å². The predicted molar refractivity (Wildman–Crippen MR) is 369 cm³/mol. The van der Waals surface area contributed by atoms with Crippen LogP contribution in [0.25, 0.3) is 22.3 Å². The zero-order valence-corrected chi connectivity index (χ0v) is 52.6. The van der Waals surface area contributed by atoms with E-state index in [2.05, 4.69) is 329 Å². The largest absolute Gasteiger partial charge is 0.456 e. The molecule has 0 spiro atoms. The fraction of sp³-hybridized carbons (Fsp3) is 0.225. The number of nitrogens with zero attached hydrogens (tertiary/aromatic N) is 4. The molecule has 5 nitrogen and oxygen atoms in total. The summed E-state index contributed by atoms with van der Waals surface area (Å²) in [6, 6.07) is 84.3. The molecule has 0 saturated heterocycles. The first-order valence-electron chi connectivity index (χ1n) is 30.7. The SMILES string of the molecule is Cc1cccc(C)c1N1c2cc(N(c3ccccc3)c3ccc(-c4cc5ccccc5o4)cc3)ccc2B2c3cc(C(C)(C)C)ccc3N(c3ccc(C(C)(C)C)cc3)c3cc(N(c4ccc(C(C)(C)C)cc4)c4ccc(C(C)(C)C)cc4)cc1c32. The van der Waals surface area contributed by atoms with Crippen LogP contribution < -0.4 is 36.0 Å². The van der Waals surface area contributed by atoms with E-state index in [9.17, 15) is 0 Å². The molecule has 0 aliphatic carbocycles. The Balaban J connectivity index is 1.11. The van der Waals surface area contributed by atoms with Gasteiger partial charge in [-0.1, -0.05) is 192 Å². The van der Waals surface area contributed by atoms with Crippen molar-refractivity contribution in [2.75, 3.05) is 19.6 Å². The van der Waals surface area contributed by atoms with Gasteiger partial charge >= 0.3 is 0 Å². The van der Waals surface area contributed by atoms with Crippen LogP contribution in [-0.4, -0.2) is 6.71 Å². The van der Waals surface area contributed by atoms with E-state index in [0.717, 1.165) is 79.2 Å². The van der Waals surface area contributed by atoms with Gasteiger partial charge in [0.15, 0.2) is 0 Å². The molecule has 3 heterocycles. The maximum atomic E-state index is 6.40. The molecule has 0 saturated carbocycles. The lowest BCUT2D eigenvalue weighted by Gasteiger charge is -2.46. The number of hydrogen-bond donors (Lipinski definition) is 0. The molecule has 0 N–H and O–H groups in total. The van der Waals surface area contributed by atoms with E-state index >= 15 is 0 Å². The quantitative estimate of drug-likeness (QED) is 0.134. The highest BCUT2D eigenvalue weighted by atomic mass is 16.3. The van der Waals surface area contributed by atoms with Crippen LogP contribution in [0.3, 0.4) is 0 Å². The molecular weight excluding hydrogens is 1040 g/mol. The second kappa shape index (κ2) is 20.9. The molecule has 428 valence electrons. The maximum Gasteiger partial charge on any atom is 0.252 e. The molecular formula is C80H79BN4O. The summed E-state index contributed by atoms with van der Waals surface area (Å²) in [5.74, 6) is 0.852. The van der Waals surface area contributed by atoms with Gasteiger partial charge in [-0.05, 0) is 201 Å². The second-order valence-corrected chi connectivity index (χ2v) is 28.1. The highest BCUT2D eigenvalue weighted by Gasteiger charge is 2.45. The summed E-state index contributed by atoms with van der Waals surface area (Å²) in [6.45, 7) is 32.1. The van der Waals surface area contributed by atoms with E-state index in [4.69, 9.17) is 4.42 Å². The van der Waals surface area contributed by atoms with Crippen LogP contribution in [0.2, 0.25) is 0 Å². The van der Waals surface area contributed by atoms with Gasteiger partial charge < -0.3 is 24.0 Å². The summed E-state index contributed by atoms with van der Waals surface area (Å²) in [4.78, 5) is 10.1. The van der Waals surface area contributed by atoms with Crippen LogP contribution in [-0.2, 0) is 21.7 Å². The molecule has 0 fully saturated rings. The van der Waals surface area contributed by atoms with Crippen molar-refractivity contribution >= 4 is 102 Å². The molecule has 10 aromatic carbocycles. The van der Waals surface area contributed by atoms with E-state index in [1.807, 2.05) is 12.1 Å². The number of benzene rings is 10. The van der Waals surface area contributed by atoms with Crippen molar-refractivity contribution in [3.8, 4) is 11.3 Å². The Bertz CT molecular complexity index is 4230. The average molecular weight is 1120 g/mol. The van der Waals surface area contributed by atoms with E-state index in [-0.39, 0.29) is 28.4 Å². The zero-order chi connectivity index (χ0) is 60.2. The normalized spacial score (nSPS) is 13.2. The molecule has 0 amide bonds. The molecule has 86 heavy (non-hydrogen) atoms.